The maximum absolute atomic E-state index is 12.8. The summed E-state index contributed by atoms with van der Waals surface area (Å²) in [5.74, 6) is -2.17. The van der Waals surface area contributed by atoms with Crippen molar-refractivity contribution in [1.82, 2.24) is 0 Å². The number of aromatic nitrogens is 1. The number of halogens is 2. The Morgan fingerprint density at radius 2 is 1.92 bits per heavy atom. The van der Waals surface area contributed by atoms with Gasteiger partial charge in [-0.15, -0.1) is 13.3 Å². The first-order valence-electron chi connectivity index (χ1n) is 3.54. The largest absolute Gasteiger partial charge is 0.564 e. The van der Waals surface area contributed by atoms with E-state index in [0.717, 1.165) is 18.0 Å². The molecule has 0 bridgehead atoms. The van der Waals surface area contributed by atoms with Crippen molar-refractivity contribution in [3.63, 3.8) is 0 Å². The van der Waals surface area contributed by atoms with E-state index >= 15 is 0 Å². The molecule has 0 aromatic carbocycles. The molecule has 5 heteroatoms. The van der Waals surface area contributed by atoms with Crippen LogP contribution >= 0.6 is 0 Å². The Balaban J connectivity index is 3.08. The molecule has 0 aliphatic carbocycles. The number of aryl methyl sites for hydroxylation is 1. The van der Waals surface area contributed by atoms with Gasteiger partial charge in [-0.25, -0.2) is 4.79 Å². The predicted octanol–water partition coefficient (Wildman–Crippen LogP) is 0.916. The van der Waals surface area contributed by atoms with Gasteiger partial charge in [0.1, 0.15) is 0 Å². The number of hydrogen-bond acceptors (Lipinski definition) is 1. The SMILES string of the molecule is Cc1cc[n+](C(F)(F)C(=O)O)cc1. The summed E-state index contributed by atoms with van der Waals surface area (Å²) in [6.07, 6.45) is 2.06. The summed E-state index contributed by atoms with van der Waals surface area (Å²) in [5, 5.41) is 8.19. The van der Waals surface area contributed by atoms with E-state index in [1.165, 1.54) is 12.1 Å². The average Bonchev–Trinajstić information content (AvgIpc) is 2.04. The molecule has 0 fully saturated rings. The molecule has 3 nitrogen and oxygen atoms in total. The van der Waals surface area contributed by atoms with Gasteiger partial charge in [-0.05, 0) is 12.5 Å². The molecule has 0 aliphatic heterocycles. The number of carboxylic acid groups (broad SMARTS) is 1. The number of alkyl halides is 2. The summed E-state index contributed by atoms with van der Waals surface area (Å²) in [5.41, 5.74) is 0.789. The lowest BCUT2D eigenvalue weighted by atomic mass is 10.3. The summed E-state index contributed by atoms with van der Waals surface area (Å²) in [7, 11) is 0. The highest BCUT2D eigenvalue weighted by Crippen LogP contribution is 2.12. The summed E-state index contributed by atoms with van der Waals surface area (Å²) in [6, 6.07) is -1.05. The molecule has 1 N–H and O–H groups in total. The highest BCUT2D eigenvalue weighted by molar-refractivity contribution is 5.70. The van der Waals surface area contributed by atoms with Gasteiger partial charge >= 0.3 is 12.0 Å². The minimum Gasteiger partial charge on any atom is -0.471 e. The molecule has 0 unspecified atom stereocenters. The Hall–Kier alpha value is -1.52. The lowest BCUT2D eigenvalue weighted by molar-refractivity contribution is -0.806. The minimum atomic E-state index is -3.88. The zero-order valence-electron chi connectivity index (χ0n) is 6.87. The molecule has 0 spiro atoms. The van der Waals surface area contributed by atoms with Crippen LogP contribution in [-0.2, 0) is 10.8 Å². The summed E-state index contributed by atoms with van der Waals surface area (Å²) >= 11 is 0. The maximum atomic E-state index is 12.8. The van der Waals surface area contributed by atoms with Crippen LogP contribution in [0.15, 0.2) is 24.5 Å². The number of hydrogen-bond donors (Lipinski definition) is 1. The van der Waals surface area contributed by atoms with Crippen molar-refractivity contribution in [2.75, 3.05) is 0 Å². The van der Waals surface area contributed by atoms with E-state index in [2.05, 4.69) is 0 Å². The molecule has 1 aromatic rings. The van der Waals surface area contributed by atoms with Crippen molar-refractivity contribution >= 4 is 5.97 Å². The van der Waals surface area contributed by atoms with Crippen molar-refractivity contribution in [2.24, 2.45) is 0 Å². The molecule has 13 heavy (non-hydrogen) atoms. The van der Waals surface area contributed by atoms with Gasteiger partial charge in [0, 0.05) is 12.1 Å². The summed E-state index contributed by atoms with van der Waals surface area (Å²) < 4.78 is 25.9. The molecule has 0 saturated carbocycles. The van der Waals surface area contributed by atoms with E-state index in [0.29, 0.717) is 4.57 Å². The number of pyridine rings is 1. The van der Waals surface area contributed by atoms with E-state index in [4.69, 9.17) is 5.11 Å². The third-order valence-electron chi connectivity index (χ3n) is 1.58. The second kappa shape index (κ2) is 3.08. The van der Waals surface area contributed by atoms with Gasteiger partial charge in [-0.3, -0.25) is 0 Å². The highest BCUT2D eigenvalue weighted by atomic mass is 19.3. The number of nitrogens with zero attached hydrogens (tertiary/aromatic N) is 1. The van der Waals surface area contributed by atoms with Crippen LogP contribution in [0, 0.1) is 6.92 Å². The van der Waals surface area contributed by atoms with Crippen LogP contribution in [0.5, 0.6) is 0 Å². The van der Waals surface area contributed by atoms with E-state index in [-0.39, 0.29) is 0 Å². The molecule has 1 rings (SSSR count). The first kappa shape index (κ1) is 9.57. The highest BCUT2D eigenvalue weighted by Gasteiger charge is 2.50. The lowest BCUT2D eigenvalue weighted by Gasteiger charge is -2.04. The van der Waals surface area contributed by atoms with Gasteiger partial charge in [-0.1, -0.05) is 0 Å². The number of carboxylic acids is 1. The number of carbonyl (C=O) groups is 1. The van der Waals surface area contributed by atoms with Gasteiger partial charge in [0.2, 0.25) is 0 Å². The Morgan fingerprint density at radius 1 is 1.46 bits per heavy atom. The van der Waals surface area contributed by atoms with E-state index in [1.807, 2.05) is 0 Å². The minimum absolute atomic E-state index is 0.350. The molecule has 1 aromatic heterocycles. The van der Waals surface area contributed by atoms with E-state index in [9.17, 15) is 13.6 Å². The smallest absolute Gasteiger partial charge is 0.471 e. The first-order valence-corrected chi connectivity index (χ1v) is 3.54. The first-order chi connectivity index (χ1) is 5.94. The van der Waals surface area contributed by atoms with Crippen molar-refractivity contribution in [3.8, 4) is 0 Å². The zero-order valence-corrected chi connectivity index (χ0v) is 6.87. The molecule has 0 saturated heterocycles. The van der Waals surface area contributed by atoms with E-state index in [1.54, 1.807) is 6.92 Å². The molecular formula is C8H8F2NO2+. The predicted molar refractivity (Wildman–Crippen MR) is 39.2 cm³/mol. The maximum Gasteiger partial charge on any atom is 0.564 e. The standard InChI is InChI=1S/C8H7F2NO2/c1-6-2-4-11(5-3-6)8(9,10)7(12)13/h2-5H,1H3/p+1. The topological polar surface area (TPSA) is 41.2 Å². The fourth-order valence-corrected chi connectivity index (χ4v) is 0.799. The lowest BCUT2D eigenvalue weighted by Crippen LogP contribution is -2.54. The van der Waals surface area contributed by atoms with E-state index < -0.39 is 12.0 Å². The number of rotatable bonds is 2. The van der Waals surface area contributed by atoms with Gasteiger partial charge in [-0.2, -0.15) is 0 Å². The Labute approximate surface area is 73.2 Å². The van der Waals surface area contributed by atoms with Crippen molar-refractivity contribution in [2.45, 2.75) is 13.0 Å². The molecule has 70 valence electrons. The number of aliphatic carboxylic acids is 1. The average molecular weight is 188 g/mol. The second-order valence-corrected chi connectivity index (χ2v) is 2.63. The fraction of sp³-hybridized carbons (Fsp3) is 0.250. The van der Waals surface area contributed by atoms with Gasteiger partial charge < -0.3 is 5.11 Å². The molecule has 0 atom stereocenters. The van der Waals surface area contributed by atoms with Crippen LogP contribution in [0.1, 0.15) is 5.56 Å². The Morgan fingerprint density at radius 3 is 2.31 bits per heavy atom. The summed E-state index contributed by atoms with van der Waals surface area (Å²) in [4.78, 5) is 10.1. The van der Waals surface area contributed by atoms with Crippen LogP contribution < -0.4 is 4.57 Å². The van der Waals surface area contributed by atoms with Crippen LogP contribution in [0.25, 0.3) is 0 Å². The van der Waals surface area contributed by atoms with Gasteiger partial charge in [0.05, 0.1) is 0 Å². The van der Waals surface area contributed by atoms with Crippen molar-refractivity contribution in [3.05, 3.63) is 30.1 Å². The molecule has 0 radical (unpaired) electrons. The van der Waals surface area contributed by atoms with Crippen LogP contribution in [0.2, 0.25) is 0 Å². The monoisotopic (exact) mass is 188 g/mol. The fourth-order valence-electron chi connectivity index (χ4n) is 0.799. The molecular weight excluding hydrogens is 180 g/mol. The van der Waals surface area contributed by atoms with Crippen LogP contribution in [-0.4, -0.2) is 11.1 Å². The molecule has 1 heterocycles. The Bertz CT molecular complexity index is 321. The third kappa shape index (κ3) is 1.80. The summed E-state index contributed by atoms with van der Waals surface area (Å²) in [6.45, 7) is 1.73. The molecule has 0 aliphatic rings. The second-order valence-electron chi connectivity index (χ2n) is 2.63. The van der Waals surface area contributed by atoms with Gasteiger partial charge in [0.15, 0.2) is 12.4 Å². The third-order valence-corrected chi connectivity index (χ3v) is 1.58. The van der Waals surface area contributed by atoms with Crippen LogP contribution in [0.3, 0.4) is 0 Å². The quantitative estimate of drug-likeness (QED) is 0.701. The Kier molecular flexibility index (Phi) is 2.27. The molecule has 0 amide bonds. The zero-order chi connectivity index (χ0) is 10.1. The van der Waals surface area contributed by atoms with Crippen LogP contribution in [0.4, 0.5) is 8.78 Å². The van der Waals surface area contributed by atoms with Gasteiger partial charge in [0.25, 0.3) is 0 Å². The normalized spacial score (nSPS) is 11.3. The van der Waals surface area contributed by atoms with Crippen molar-refractivity contribution in [1.29, 1.82) is 0 Å². The van der Waals surface area contributed by atoms with Crippen molar-refractivity contribution < 1.29 is 23.2 Å².